The lowest BCUT2D eigenvalue weighted by Gasteiger charge is -2.36. The number of hydrogen-bond acceptors (Lipinski definition) is 5. The van der Waals surface area contributed by atoms with Crippen LogP contribution in [0.2, 0.25) is 0 Å². The van der Waals surface area contributed by atoms with Crippen molar-refractivity contribution in [3.05, 3.63) is 65.6 Å². The molecule has 1 aromatic carbocycles. The van der Waals surface area contributed by atoms with Crippen LogP contribution in [-0.4, -0.2) is 37.9 Å². The van der Waals surface area contributed by atoms with E-state index in [-0.39, 0.29) is 17.7 Å². The van der Waals surface area contributed by atoms with Crippen LogP contribution in [0, 0.1) is 0 Å². The van der Waals surface area contributed by atoms with Crippen molar-refractivity contribution in [2.75, 3.05) is 13.7 Å². The van der Waals surface area contributed by atoms with Crippen molar-refractivity contribution < 1.29 is 32.2 Å². The van der Waals surface area contributed by atoms with Crippen LogP contribution in [0.15, 0.2) is 59.6 Å². The molecule has 3 rings (SSSR count). The highest BCUT2D eigenvalue weighted by molar-refractivity contribution is 6.05. The maximum Gasteiger partial charge on any atom is 0.442 e. The molecule has 1 amide bonds. The molecule has 0 aromatic heterocycles. The first kappa shape index (κ1) is 23.4. The standard InChI is InChI=1S/C22H22F3N3O4/c1-3-12-32-21(10-5-4-6-11-21)18-15(20(26)30)8-7-9-16(18)28(2)13-17(31-14-29)19(27-28)22(23,24)25/h4-10,13-14H,3,11-12H2,1-2H3,(H-,26,30)/p+1. The lowest BCUT2D eigenvalue weighted by Crippen LogP contribution is -2.39. The van der Waals surface area contributed by atoms with Crippen molar-refractivity contribution in [2.45, 2.75) is 31.5 Å². The monoisotopic (exact) mass is 450 g/mol. The Kier molecular flexibility index (Phi) is 6.38. The van der Waals surface area contributed by atoms with Gasteiger partial charge < -0.3 is 15.2 Å². The van der Waals surface area contributed by atoms with Crippen molar-refractivity contribution in [1.29, 1.82) is 0 Å². The minimum atomic E-state index is -4.86. The molecule has 0 saturated carbocycles. The summed E-state index contributed by atoms with van der Waals surface area (Å²) in [6, 6.07) is 4.55. The van der Waals surface area contributed by atoms with E-state index in [0.717, 1.165) is 6.20 Å². The van der Waals surface area contributed by atoms with Gasteiger partial charge in [0.05, 0.1) is 11.1 Å². The molecule has 2 N–H and O–H groups in total. The molecule has 1 heterocycles. The van der Waals surface area contributed by atoms with Crippen LogP contribution in [0.25, 0.3) is 0 Å². The van der Waals surface area contributed by atoms with Crippen LogP contribution in [0.3, 0.4) is 0 Å². The van der Waals surface area contributed by atoms with Crippen LogP contribution >= 0.6 is 0 Å². The van der Waals surface area contributed by atoms with E-state index in [9.17, 15) is 22.8 Å². The number of ether oxygens (including phenoxy) is 2. The van der Waals surface area contributed by atoms with Crippen LogP contribution in [-0.2, 0) is 19.9 Å². The average molecular weight is 450 g/mol. The van der Waals surface area contributed by atoms with Gasteiger partial charge in [-0.15, -0.1) is 4.59 Å². The molecule has 1 aliphatic heterocycles. The van der Waals surface area contributed by atoms with E-state index >= 15 is 0 Å². The van der Waals surface area contributed by atoms with Gasteiger partial charge >= 0.3 is 6.18 Å². The van der Waals surface area contributed by atoms with Gasteiger partial charge in [-0.1, -0.05) is 36.3 Å². The summed E-state index contributed by atoms with van der Waals surface area (Å²) in [6.45, 7) is 2.15. The predicted molar refractivity (Wildman–Crippen MR) is 112 cm³/mol. The lowest BCUT2D eigenvalue weighted by atomic mass is 9.82. The largest absolute Gasteiger partial charge is 0.442 e. The predicted octanol–water partition coefficient (Wildman–Crippen LogP) is 3.81. The van der Waals surface area contributed by atoms with Gasteiger partial charge in [-0.05, 0) is 18.6 Å². The minimum absolute atomic E-state index is 0.0932. The Morgan fingerprint density at radius 2 is 2.09 bits per heavy atom. The third-order valence-corrected chi connectivity index (χ3v) is 5.17. The second-order valence-corrected chi connectivity index (χ2v) is 7.47. The van der Waals surface area contributed by atoms with E-state index in [1.807, 2.05) is 19.1 Å². The fourth-order valence-electron chi connectivity index (χ4n) is 3.85. The summed E-state index contributed by atoms with van der Waals surface area (Å²) < 4.78 is 50.8. The average Bonchev–Trinajstić information content (AvgIpc) is 3.10. The van der Waals surface area contributed by atoms with Gasteiger partial charge in [0.2, 0.25) is 17.4 Å². The van der Waals surface area contributed by atoms with Crippen molar-refractivity contribution in [3.63, 3.8) is 0 Å². The number of halogens is 3. The number of primary amides is 1. The van der Waals surface area contributed by atoms with Crippen molar-refractivity contribution in [2.24, 2.45) is 10.8 Å². The summed E-state index contributed by atoms with van der Waals surface area (Å²) >= 11 is 0. The van der Waals surface area contributed by atoms with Crippen LogP contribution < -0.4 is 10.3 Å². The zero-order valence-electron chi connectivity index (χ0n) is 17.6. The smallest absolute Gasteiger partial charge is 0.420 e. The Labute approximate surface area is 182 Å². The number of alkyl halides is 3. The molecule has 2 aliphatic rings. The molecule has 2 atom stereocenters. The summed E-state index contributed by atoms with van der Waals surface area (Å²) in [5.41, 5.74) is 3.78. The second kappa shape index (κ2) is 8.71. The molecular weight excluding hydrogens is 427 g/mol. The molecule has 0 saturated heterocycles. The molecule has 1 aliphatic carbocycles. The highest BCUT2D eigenvalue weighted by Gasteiger charge is 2.51. The number of carbonyl (C=O) groups excluding carboxylic acids is 2. The summed E-state index contributed by atoms with van der Waals surface area (Å²) in [4.78, 5) is 23.2. The molecule has 7 nitrogen and oxygen atoms in total. The number of carbonyl (C=O) groups is 2. The van der Waals surface area contributed by atoms with Crippen LogP contribution in [0.4, 0.5) is 18.9 Å². The Bertz CT molecular complexity index is 1050. The fraction of sp³-hybridized carbons (Fsp3) is 0.318. The van der Waals surface area contributed by atoms with Crippen LogP contribution in [0.5, 0.6) is 0 Å². The highest BCUT2D eigenvalue weighted by Crippen LogP contribution is 2.45. The topological polar surface area (TPSA) is 91.0 Å². The second-order valence-electron chi connectivity index (χ2n) is 7.47. The highest BCUT2D eigenvalue weighted by atomic mass is 19.4. The summed E-state index contributed by atoms with van der Waals surface area (Å²) in [7, 11) is 1.38. The molecule has 2 unspecified atom stereocenters. The van der Waals surface area contributed by atoms with E-state index in [2.05, 4.69) is 9.84 Å². The van der Waals surface area contributed by atoms with Crippen molar-refractivity contribution in [3.8, 4) is 0 Å². The number of nitrogens with zero attached hydrogens (tertiary/aromatic N) is 2. The molecule has 1 aromatic rings. The van der Waals surface area contributed by atoms with Gasteiger partial charge in [-0.2, -0.15) is 13.2 Å². The Hall–Kier alpha value is -3.24. The van der Waals surface area contributed by atoms with E-state index < -0.39 is 33.7 Å². The third-order valence-electron chi connectivity index (χ3n) is 5.17. The molecule has 170 valence electrons. The van der Waals surface area contributed by atoms with E-state index in [1.54, 1.807) is 18.2 Å². The molecule has 32 heavy (non-hydrogen) atoms. The number of allylic oxidation sites excluding steroid dienone is 3. The fourth-order valence-corrected chi connectivity index (χ4v) is 3.85. The summed E-state index contributed by atoms with van der Waals surface area (Å²) in [5.74, 6) is -1.49. The van der Waals surface area contributed by atoms with Gasteiger partial charge in [0, 0.05) is 19.1 Å². The number of rotatable bonds is 8. The summed E-state index contributed by atoms with van der Waals surface area (Å²) in [5, 5.41) is 3.83. The lowest BCUT2D eigenvalue weighted by molar-refractivity contribution is -0.124. The minimum Gasteiger partial charge on any atom is -0.420 e. The first-order chi connectivity index (χ1) is 15.1. The molecule has 10 heteroatoms. The quantitative estimate of drug-likeness (QED) is 0.482. The number of hydrogen-bond donors (Lipinski definition) is 1. The van der Waals surface area contributed by atoms with Gasteiger partial charge in [0.25, 0.3) is 6.47 Å². The van der Waals surface area contributed by atoms with Gasteiger partial charge in [0.15, 0.2) is 11.9 Å². The summed E-state index contributed by atoms with van der Waals surface area (Å²) in [6.07, 6.45) is 4.32. The van der Waals surface area contributed by atoms with E-state index in [4.69, 9.17) is 10.5 Å². The van der Waals surface area contributed by atoms with Gasteiger partial charge in [0.1, 0.15) is 12.6 Å². The van der Waals surface area contributed by atoms with Crippen molar-refractivity contribution >= 4 is 23.8 Å². The SMILES string of the molecule is CCCOC1(c2c(C(N)=O)cccc2[N+]2(C)C=C(OC=O)C(C(F)(F)F)=N2)C=CC=CC1. The normalized spacial score (nSPS) is 24.8. The first-order valence-corrected chi connectivity index (χ1v) is 9.87. The molecule has 0 fully saturated rings. The molecule has 0 spiro atoms. The zero-order chi connectivity index (χ0) is 23.6. The number of amides is 1. The van der Waals surface area contributed by atoms with Crippen LogP contribution in [0.1, 0.15) is 35.7 Å². The Morgan fingerprint density at radius 3 is 2.66 bits per heavy atom. The molecule has 0 radical (unpaired) electrons. The van der Waals surface area contributed by atoms with E-state index in [1.165, 1.54) is 19.2 Å². The Morgan fingerprint density at radius 1 is 1.34 bits per heavy atom. The third kappa shape index (κ3) is 4.23. The van der Waals surface area contributed by atoms with Gasteiger partial charge in [-0.25, -0.2) is 0 Å². The Balaban J connectivity index is 2.31. The number of quaternary nitrogens is 1. The molecular formula is C22H23F3N3O4+. The number of nitrogens with two attached hydrogens (primary N) is 1. The van der Waals surface area contributed by atoms with Crippen molar-refractivity contribution in [1.82, 2.24) is 4.59 Å². The molecule has 0 bridgehead atoms. The first-order valence-electron chi connectivity index (χ1n) is 9.87. The number of benzene rings is 1. The maximum atomic E-state index is 13.6. The maximum absolute atomic E-state index is 13.6. The van der Waals surface area contributed by atoms with Gasteiger partial charge in [-0.3, -0.25) is 9.59 Å². The van der Waals surface area contributed by atoms with E-state index in [0.29, 0.717) is 25.0 Å². The zero-order valence-corrected chi connectivity index (χ0v) is 17.6.